The molecule has 2 aromatic carbocycles. The molecule has 84 valence electrons. The van der Waals surface area contributed by atoms with Gasteiger partial charge in [-0.1, -0.05) is 11.8 Å². The van der Waals surface area contributed by atoms with Crippen LogP contribution < -0.4 is 0 Å². The standard InChI is InChI=1S/C14H10INS/c1-10-8-12(15)4-7-14(10)17-13-5-2-11(9-16)3-6-13/h2-8H,1H3. The zero-order valence-corrected chi connectivity index (χ0v) is 12.2. The summed E-state index contributed by atoms with van der Waals surface area (Å²) in [6, 6.07) is 16.2. The van der Waals surface area contributed by atoms with Crippen LogP contribution in [0.4, 0.5) is 0 Å². The van der Waals surface area contributed by atoms with Crippen LogP contribution in [0.2, 0.25) is 0 Å². The predicted octanol–water partition coefficient (Wildman–Crippen LogP) is 4.62. The summed E-state index contributed by atoms with van der Waals surface area (Å²) in [5.41, 5.74) is 1.99. The Hall–Kier alpha value is -0.990. The average molecular weight is 351 g/mol. The van der Waals surface area contributed by atoms with E-state index in [2.05, 4.69) is 53.8 Å². The van der Waals surface area contributed by atoms with Gasteiger partial charge in [0.15, 0.2) is 0 Å². The highest BCUT2D eigenvalue weighted by Crippen LogP contribution is 2.30. The number of nitrogens with zero attached hydrogens (tertiary/aromatic N) is 1. The number of aryl methyl sites for hydroxylation is 1. The molecule has 0 fully saturated rings. The van der Waals surface area contributed by atoms with Crippen molar-refractivity contribution in [2.45, 2.75) is 16.7 Å². The molecule has 0 atom stereocenters. The van der Waals surface area contributed by atoms with Gasteiger partial charge in [0.2, 0.25) is 0 Å². The van der Waals surface area contributed by atoms with Crippen LogP contribution in [-0.2, 0) is 0 Å². The van der Waals surface area contributed by atoms with Crippen LogP contribution in [0.3, 0.4) is 0 Å². The van der Waals surface area contributed by atoms with Crippen LogP contribution in [0.1, 0.15) is 11.1 Å². The minimum absolute atomic E-state index is 0.702. The molecule has 17 heavy (non-hydrogen) atoms. The van der Waals surface area contributed by atoms with Crippen molar-refractivity contribution in [1.82, 2.24) is 0 Å². The summed E-state index contributed by atoms with van der Waals surface area (Å²) in [6.45, 7) is 2.12. The normalized spacial score (nSPS) is 9.94. The molecule has 0 heterocycles. The molecule has 0 aliphatic heterocycles. The van der Waals surface area contributed by atoms with Crippen LogP contribution >= 0.6 is 34.4 Å². The van der Waals surface area contributed by atoms with Crippen molar-refractivity contribution in [2.75, 3.05) is 0 Å². The number of hydrogen-bond donors (Lipinski definition) is 0. The van der Waals surface area contributed by atoms with E-state index >= 15 is 0 Å². The third kappa shape index (κ3) is 3.24. The van der Waals surface area contributed by atoms with Crippen molar-refractivity contribution in [3.8, 4) is 6.07 Å². The molecule has 0 aliphatic carbocycles. The van der Waals surface area contributed by atoms with Crippen LogP contribution in [0.25, 0.3) is 0 Å². The molecule has 0 aliphatic rings. The Bertz CT molecular complexity index is 570. The summed E-state index contributed by atoms with van der Waals surface area (Å²) in [5.74, 6) is 0. The Balaban J connectivity index is 2.23. The fourth-order valence-electron chi connectivity index (χ4n) is 1.45. The number of halogens is 1. The summed E-state index contributed by atoms with van der Waals surface area (Å²) in [4.78, 5) is 2.42. The first-order chi connectivity index (χ1) is 8.19. The van der Waals surface area contributed by atoms with Gasteiger partial charge in [-0.25, -0.2) is 0 Å². The molecule has 2 aromatic rings. The van der Waals surface area contributed by atoms with Gasteiger partial charge in [-0.05, 0) is 77.5 Å². The van der Waals surface area contributed by atoms with E-state index in [4.69, 9.17) is 5.26 Å². The van der Waals surface area contributed by atoms with Crippen molar-refractivity contribution >= 4 is 34.4 Å². The Morgan fingerprint density at radius 2 is 1.82 bits per heavy atom. The van der Waals surface area contributed by atoms with Gasteiger partial charge in [-0.3, -0.25) is 0 Å². The van der Waals surface area contributed by atoms with E-state index in [-0.39, 0.29) is 0 Å². The number of rotatable bonds is 2. The zero-order chi connectivity index (χ0) is 12.3. The van der Waals surface area contributed by atoms with Gasteiger partial charge in [0.05, 0.1) is 11.6 Å². The highest BCUT2D eigenvalue weighted by atomic mass is 127. The van der Waals surface area contributed by atoms with Crippen LogP contribution in [0, 0.1) is 21.8 Å². The highest BCUT2D eigenvalue weighted by Gasteiger charge is 2.02. The Kier molecular flexibility index (Phi) is 4.08. The third-order valence-corrected chi connectivity index (χ3v) is 4.21. The molecular formula is C14H10INS. The molecule has 0 spiro atoms. The SMILES string of the molecule is Cc1cc(I)ccc1Sc1ccc(C#N)cc1. The number of hydrogen-bond acceptors (Lipinski definition) is 2. The second kappa shape index (κ2) is 5.56. The molecule has 0 saturated heterocycles. The summed E-state index contributed by atoms with van der Waals surface area (Å²) in [6.07, 6.45) is 0. The minimum Gasteiger partial charge on any atom is -0.192 e. The highest BCUT2D eigenvalue weighted by molar-refractivity contribution is 14.1. The summed E-state index contributed by atoms with van der Waals surface area (Å²) in [5, 5.41) is 8.74. The number of nitriles is 1. The molecule has 0 radical (unpaired) electrons. The molecule has 0 unspecified atom stereocenters. The van der Waals surface area contributed by atoms with Crippen molar-refractivity contribution in [1.29, 1.82) is 5.26 Å². The van der Waals surface area contributed by atoms with Crippen molar-refractivity contribution in [3.63, 3.8) is 0 Å². The van der Waals surface area contributed by atoms with Gasteiger partial charge in [0.1, 0.15) is 0 Å². The summed E-state index contributed by atoms with van der Waals surface area (Å²) in [7, 11) is 0. The Morgan fingerprint density at radius 1 is 1.12 bits per heavy atom. The van der Waals surface area contributed by atoms with E-state index in [1.807, 2.05) is 24.3 Å². The lowest BCUT2D eigenvalue weighted by atomic mass is 10.2. The fraction of sp³-hybridized carbons (Fsp3) is 0.0714. The molecule has 0 bridgehead atoms. The minimum atomic E-state index is 0.702. The van der Waals surface area contributed by atoms with Gasteiger partial charge >= 0.3 is 0 Å². The van der Waals surface area contributed by atoms with E-state index < -0.39 is 0 Å². The molecule has 1 nitrogen and oxygen atoms in total. The maximum Gasteiger partial charge on any atom is 0.0991 e. The third-order valence-electron chi connectivity index (χ3n) is 2.35. The van der Waals surface area contributed by atoms with E-state index in [0.717, 1.165) is 4.90 Å². The lowest BCUT2D eigenvalue weighted by Crippen LogP contribution is -1.82. The van der Waals surface area contributed by atoms with Crippen LogP contribution in [-0.4, -0.2) is 0 Å². The molecule has 0 N–H and O–H groups in total. The lowest BCUT2D eigenvalue weighted by molar-refractivity contribution is 1.28. The van der Waals surface area contributed by atoms with E-state index in [0.29, 0.717) is 5.56 Å². The first kappa shape index (κ1) is 12.5. The second-order valence-electron chi connectivity index (χ2n) is 3.65. The van der Waals surface area contributed by atoms with Crippen molar-refractivity contribution in [3.05, 3.63) is 57.2 Å². The quantitative estimate of drug-likeness (QED) is 0.737. The van der Waals surface area contributed by atoms with E-state index in [9.17, 15) is 0 Å². The van der Waals surface area contributed by atoms with Gasteiger partial charge in [0, 0.05) is 13.4 Å². The Labute approximate surface area is 119 Å². The van der Waals surface area contributed by atoms with Gasteiger partial charge in [0.25, 0.3) is 0 Å². The molecule has 3 heteroatoms. The maximum absolute atomic E-state index is 8.74. The predicted molar refractivity (Wildman–Crippen MR) is 79.2 cm³/mol. The summed E-state index contributed by atoms with van der Waals surface area (Å²) < 4.78 is 1.25. The fourth-order valence-corrected chi connectivity index (χ4v) is 2.98. The van der Waals surface area contributed by atoms with Gasteiger partial charge in [-0.15, -0.1) is 0 Å². The Morgan fingerprint density at radius 3 is 2.41 bits per heavy atom. The second-order valence-corrected chi connectivity index (χ2v) is 6.01. The summed E-state index contributed by atoms with van der Waals surface area (Å²) >= 11 is 4.05. The van der Waals surface area contributed by atoms with E-state index in [1.54, 1.807) is 11.8 Å². The molecule has 0 amide bonds. The topological polar surface area (TPSA) is 23.8 Å². The molecule has 2 rings (SSSR count). The van der Waals surface area contributed by atoms with Gasteiger partial charge in [-0.2, -0.15) is 5.26 Å². The first-order valence-electron chi connectivity index (χ1n) is 5.13. The van der Waals surface area contributed by atoms with Crippen LogP contribution in [0.15, 0.2) is 52.3 Å². The maximum atomic E-state index is 8.74. The zero-order valence-electron chi connectivity index (χ0n) is 9.27. The molecular weight excluding hydrogens is 341 g/mol. The molecule has 0 aromatic heterocycles. The molecule has 0 saturated carbocycles. The van der Waals surface area contributed by atoms with Crippen LogP contribution in [0.5, 0.6) is 0 Å². The van der Waals surface area contributed by atoms with Crippen molar-refractivity contribution < 1.29 is 0 Å². The largest absolute Gasteiger partial charge is 0.192 e. The number of benzene rings is 2. The van der Waals surface area contributed by atoms with Crippen molar-refractivity contribution in [2.24, 2.45) is 0 Å². The monoisotopic (exact) mass is 351 g/mol. The first-order valence-corrected chi connectivity index (χ1v) is 7.03. The lowest BCUT2D eigenvalue weighted by Gasteiger charge is -2.05. The van der Waals surface area contributed by atoms with Gasteiger partial charge < -0.3 is 0 Å². The average Bonchev–Trinajstić information content (AvgIpc) is 2.34. The van der Waals surface area contributed by atoms with E-state index in [1.165, 1.54) is 14.0 Å². The smallest absolute Gasteiger partial charge is 0.0991 e.